The molecule has 22 heavy (non-hydrogen) atoms. The fourth-order valence-electron chi connectivity index (χ4n) is 2.30. The number of carbonyl (C=O) groups is 2. The lowest BCUT2D eigenvalue weighted by molar-refractivity contribution is -0.124. The zero-order valence-electron chi connectivity index (χ0n) is 12.6. The number of hydrogen-bond donors (Lipinski definition) is 2. The van der Waals surface area contributed by atoms with Crippen LogP contribution in [0.4, 0.5) is 0 Å². The van der Waals surface area contributed by atoms with Crippen LogP contribution in [-0.2, 0) is 9.59 Å². The van der Waals surface area contributed by atoms with E-state index >= 15 is 0 Å². The van der Waals surface area contributed by atoms with Gasteiger partial charge in [0.05, 0.1) is 0 Å². The van der Waals surface area contributed by atoms with Crippen molar-refractivity contribution in [3.05, 3.63) is 42.5 Å². The first-order chi connectivity index (χ1) is 10.7. The van der Waals surface area contributed by atoms with Crippen molar-refractivity contribution in [1.29, 1.82) is 0 Å². The minimum Gasteiger partial charge on any atom is -0.484 e. The second-order valence-corrected chi connectivity index (χ2v) is 5.27. The monoisotopic (exact) mass is 302 g/mol. The van der Waals surface area contributed by atoms with Crippen LogP contribution in [0.25, 0.3) is 0 Å². The quantitative estimate of drug-likeness (QED) is 0.567. The minimum atomic E-state index is -0.197. The molecule has 0 bridgehead atoms. The molecule has 0 spiro atoms. The lowest BCUT2D eigenvalue weighted by Gasteiger charge is -2.10. The number of nitrogens with one attached hydrogen (secondary N) is 2. The Morgan fingerprint density at radius 3 is 2.50 bits per heavy atom. The van der Waals surface area contributed by atoms with Crippen LogP contribution < -0.4 is 15.4 Å². The van der Waals surface area contributed by atoms with Gasteiger partial charge in [0, 0.05) is 19.5 Å². The molecule has 5 nitrogen and oxygen atoms in total. The van der Waals surface area contributed by atoms with E-state index in [0.29, 0.717) is 31.2 Å². The van der Waals surface area contributed by atoms with Crippen molar-refractivity contribution in [2.24, 2.45) is 5.92 Å². The van der Waals surface area contributed by atoms with Gasteiger partial charge in [-0.2, -0.15) is 0 Å². The summed E-state index contributed by atoms with van der Waals surface area (Å²) >= 11 is 0. The molecule has 0 heterocycles. The predicted molar refractivity (Wildman–Crippen MR) is 84.4 cm³/mol. The molecule has 0 fully saturated rings. The van der Waals surface area contributed by atoms with Crippen LogP contribution in [0, 0.1) is 5.92 Å². The standard InChI is InChI=1S/C17H22N2O3/c20-16(12-14-6-4-5-7-14)18-10-11-19-17(21)13-22-15-8-2-1-3-9-15/h1-4,6,8-9,14H,5,7,10-13H2,(H,18,20)(H,19,21). The highest BCUT2D eigenvalue weighted by atomic mass is 16.5. The predicted octanol–water partition coefficient (Wildman–Crippen LogP) is 1.65. The number of para-hydroxylation sites is 1. The molecule has 2 N–H and O–H groups in total. The Labute approximate surface area is 130 Å². The van der Waals surface area contributed by atoms with E-state index in [1.54, 1.807) is 12.1 Å². The number of allylic oxidation sites excluding steroid dienone is 2. The van der Waals surface area contributed by atoms with Gasteiger partial charge in [0.25, 0.3) is 5.91 Å². The molecule has 2 amide bonds. The van der Waals surface area contributed by atoms with Gasteiger partial charge in [-0.3, -0.25) is 9.59 Å². The fraction of sp³-hybridized carbons (Fsp3) is 0.412. The van der Waals surface area contributed by atoms with Crippen molar-refractivity contribution < 1.29 is 14.3 Å². The maximum absolute atomic E-state index is 11.7. The largest absolute Gasteiger partial charge is 0.484 e. The Hall–Kier alpha value is -2.30. The van der Waals surface area contributed by atoms with E-state index in [2.05, 4.69) is 22.8 Å². The van der Waals surface area contributed by atoms with Gasteiger partial charge in [-0.25, -0.2) is 0 Å². The Morgan fingerprint density at radius 2 is 1.82 bits per heavy atom. The summed E-state index contributed by atoms with van der Waals surface area (Å²) in [5.74, 6) is 0.868. The number of rotatable bonds is 8. The summed E-state index contributed by atoms with van der Waals surface area (Å²) in [6.07, 6.45) is 6.87. The first-order valence-corrected chi connectivity index (χ1v) is 7.62. The maximum Gasteiger partial charge on any atom is 0.258 e. The van der Waals surface area contributed by atoms with Gasteiger partial charge in [-0.05, 0) is 30.9 Å². The molecular formula is C17H22N2O3. The molecular weight excluding hydrogens is 280 g/mol. The third-order valence-electron chi connectivity index (χ3n) is 3.44. The molecule has 0 aromatic heterocycles. The van der Waals surface area contributed by atoms with Gasteiger partial charge in [-0.15, -0.1) is 0 Å². The van der Waals surface area contributed by atoms with Gasteiger partial charge >= 0.3 is 0 Å². The Balaban J connectivity index is 1.51. The highest BCUT2D eigenvalue weighted by Gasteiger charge is 2.13. The average Bonchev–Trinajstić information content (AvgIpc) is 3.03. The van der Waals surface area contributed by atoms with Crippen molar-refractivity contribution in [2.45, 2.75) is 19.3 Å². The van der Waals surface area contributed by atoms with Crippen LogP contribution in [0.5, 0.6) is 5.75 Å². The molecule has 1 atom stereocenters. The zero-order valence-corrected chi connectivity index (χ0v) is 12.6. The summed E-state index contributed by atoms with van der Waals surface area (Å²) in [6.45, 7) is 0.820. The highest BCUT2D eigenvalue weighted by molar-refractivity contribution is 5.78. The first kappa shape index (κ1) is 16.1. The lowest BCUT2D eigenvalue weighted by Crippen LogP contribution is -2.37. The van der Waals surface area contributed by atoms with Crippen molar-refractivity contribution in [1.82, 2.24) is 10.6 Å². The van der Waals surface area contributed by atoms with Gasteiger partial charge in [0.1, 0.15) is 5.75 Å². The van der Waals surface area contributed by atoms with Gasteiger partial charge in [0.2, 0.25) is 5.91 Å². The number of carbonyl (C=O) groups excluding carboxylic acids is 2. The summed E-state index contributed by atoms with van der Waals surface area (Å²) in [5.41, 5.74) is 0. The van der Waals surface area contributed by atoms with E-state index in [-0.39, 0.29) is 18.4 Å². The summed E-state index contributed by atoms with van der Waals surface area (Å²) < 4.78 is 5.33. The second kappa shape index (κ2) is 8.87. The van der Waals surface area contributed by atoms with E-state index in [1.165, 1.54) is 0 Å². The molecule has 1 aromatic rings. The normalized spacial score (nSPS) is 16.3. The molecule has 5 heteroatoms. The smallest absolute Gasteiger partial charge is 0.258 e. The highest BCUT2D eigenvalue weighted by Crippen LogP contribution is 2.19. The zero-order chi connectivity index (χ0) is 15.6. The third kappa shape index (κ3) is 5.99. The van der Waals surface area contributed by atoms with Crippen molar-refractivity contribution in [2.75, 3.05) is 19.7 Å². The Kier molecular flexibility index (Phi) is 6.48. The van der Waals surface area contributed by atoms with Gasteiger partial charge < -0.3 is 15.4 Å². The summed E-state index contributed by atoms with van der Waals surface area (Å²) in [5, 5.41) is 5.52. The number of hydrogen-bond acceptors (Lipinski definition) is 3. The van der Waals surface area contributed by atoms with Crippen molar-refractivity contribution in [3.63, 3.8) is 0 Å². The molecule has 1 aliphatic rings. The number of amides is 2. The van der Waals surface area contributed by atoms with Crippen molar-refractivity contribution >= 4 is 11.8 Å². The van der Waals surface area contributed by atoms with Gasteiger partial charge in [-0.1, -0.05) is 30.4 Å². The molecule has 0 saturated heterocycles. The molecule has 1 aliphatic carbocycles. The number of ether oxygens (including phenoxy) is 1. The first-order valence-electron chi connectivity index (χ1n) is 7.62. The van der Waals surface area contributed by atoms with E-state index < -0.39 is 0 Å². The van der Waals surface area contributed by atoms with Gasteiger partial charge in [0.15, 0.2) is 6.61 Å². The average molecular weight is 302 g/mol. The molecule has 2 rings (SSSR count). The Morgan fingerprint density at radius 1 is 1.09 bits per heavy atom. The molecule has 0 saturated carbocycles. The lowest BCUT2D eigenvalue weighted by atomic mass is 10.1. The molecule has 118 valence electrons. The van der Waals surface area contributed by atoms with E-state index in [0.717, 1.165) is 12.8 Å². The molecule has 0 aliphatic heterocycles. The number of benzene rings is 1. The maximum atomic E-state index is 11.7. The molecule has 0 radical (unpaired) electrons. The van der Waals surface area contributed by atoms with E-state index in [1.807, 2.05) is 18.2 Å². The van der Waals surface area contributed by atoms with Crippen LogP contribution in [0.2, 0.25) is 0 Å². The minimum absolute atomic E-state index is 0.0230. The van der Waals surface area contributed by atoms with Crippen LogP contribution in [0.1, 0.15) is 19.3 Å². The topological polar surface area (TPSA) is 67.4 Å². The van der Waals surface area contributed by atoms with Crippen LogP contribution in [0.15, 0.2) is 42.5 Å². The summed E-state index contributed by atoms with van der Waals surface area (Å²) in [6, 6.07) is 9.18. The van der Waals surface area contributed by atoms with Crippen molar-refractivity contribution in [3.8, 4) is 5.75 Å². The van der Waals surface area contributed by atoms with Crippen LogP contribution in [-0.4, -0.2) is 31.5 Å². The third-order valence-corrected chi connectivity index (χ3v) is 3.44. The Bertz CT molecular complexity index is 514. The SMILES string of the molecule is O=C(COc1ccccc1)NCCNC(=O)CC1C=CCC1. The summed E-state index contributed by atoms with van der Waals surface area (Å²) in [4.78, 5) is 23.3. The summed E-state index contributed by atoms with van der Waals surface area (Å²) in [7, 11) is 0. The molecule has 1 unspecified atom stereocenters. The van der Waals surface area contributed by atoms with Crippen LogP contribution in [0.3, 0.4) is 0 Å². The van der Waals surface area contributed by atoms with Crippen LogP contribution >= 0.6 is 0 Å². The second-order valence-electron chi connectivity index (χ2n) is 5.27. The van der Waals surface area contributed by atoms with E-state index in [9.17, 15) is 9.59 Å². The fourth-order valence-corrected chi connectivity index (χ4v) is 2.30. The van der Waals surface area contributed by atoms with E-state index in [4.69, 9.17) is 4.74 Å². The molecule has 1 aromatic carbocycles.